The summed E-state index contributed by atoms with van der Waals surface area (Å²) in [5, 5.41) is 0.887. The summed E-state index contributed by atoms with van der Waals surface area (Å²) in [6.45, 7) is 3.83. The Morgan fingerprint density at radius 3 is 2.56 bits per heavy atom. The molecule has 0 aliphatic carbocycles. The molecule has 2 aromatic carbocycles. The summed E-state index contributed by atoms with van der Waals surface area (Å²) < 4.78 is 5.57. The fourth-order valence-electron chi connectivity index (χ4n) is 2.76. The van der Waals surface area contributed by atoms with Crippen LogP contribution in [-0.2, 0) is 11.2 Å². The molecule has 2 amide bonds. The monoisotopic (exact) mass is 336 g/mol. The third-order valence-corrected chi connectivity index (χ3v) is 4.09. The van der Waals surface area contributed by atoms with Gasteiger partial charge in [0.05, 0.1) is 0 Å². The van der Waals surface area contributed by atoms with Crippen LogP contribution < -0.4 is 10.9 Å². The van der Waals surface area contributed by atoms with Crippen molar-refractivity contribution in [2.75, 3.05) is 0 Å². The molecule has 5 heteroatoms. The molecule has 2 N–H and O–H groups in total. The molecule has 0 radical (unpaired) electrons. The summed E-state index contributed by atoms with van der Waals surface area (Å²) >= 11 is 0. The number of furan rings is 1. The molecule has 3 aromatic rings. The Balaban J connectivity index is 1.56. The Kier molecular flexibility index (Phi) is 4.84. The number of carbonyl (C=O) groups is 2. The van der Waals surface area contributed by atoms with Crippen molar-refractivity contribution >= 4 is 22.8 Å². The molecule has 128 valence electrons. The third kappa shape index (κ3) is 3.88. The Morgan fingerprint density at radius 1 is 1.00 bits per heavy atom. The van der Waals surface area contributed by atoms with E-state index in [0.29, 0.717) is 18.4 Å². The molecule has 0 unspecified atom stereocenters. The Morgan fingerprint density at radius 2 is 1.80 bits per heavy atom. The summed E-state index contributed by atoms with van der Waals surface area (Å²) in [7, 11) is 0. The smallest absolute Gasteiger partial charge is 0.305 e. The highest BCUT2D eigenvalue weighted by Crippen LogP contribution is 2.24. The second-order valence-electron chi connectivity index (χ2n) is 6.04. The van der Waals surface area contributed by atoms with E-state index in [4.69, 9.17) is 4.42 Å². The van der Waals surface area contributed by atoms with E-state index in [2.05, 4.69) is 10.9 Å². The van der Waals surface area contributed by atoms with Crippen LogP contribution in [0.3, 0.4) is 0 Å². The molecule has 0 atom stereocenters. The van der Waals surface area contributed by atoms with E-state index < -0.39 is 5.91 Å². The predicted octanol–water partition coefficient (Wildman–Crippen LogP) is 3.44. The molecule has 0 spiro atoms. The van der Waals surface area contributed by atoms with E-state index in [1.165, 1.54) is 0 Å². The minimum absolute atomic E-state index is 0.209. The van der Waals surface area contributed by atoms with Gasteiger partial charge >= 0.3 is 5.91 Å². The number of benzene rings is 2. The average Bonchev–Trinajstić information content (AvgIpc) is 2.95. The van der Waals surface area contributed by atoms with E-state index in [1.54, 1.807) is 6.07 Å². The molecule has 0 aliphatic heterocycles. The standard InChI is InChI=1S/C20H20N2O3/c1-13-6-5-7-15(12-13)10-11-18(23)21-22-20(24)19-14(2)16-8-3-4-9-17(16)25-19/h3-9,12H,10-11H2,1-2H3,(H,21,23)(H,22,24). The fourth-order valence-corrected chi connectivity index (χ4v) is 2.76. The molecule has 0 saturated carbocycles. The second kappa shape index (κ2) is 7.21. The number of carbonyl (C=O) groups excluding carboxylic acids is 2. The van der Waals surface area contributed by atoms with E-state index >= 15 is 0 Å². The lowest BCUT2D eigenvalue weighted by atomic mass is 10.1. The lowest BCUT2D eigenvalue weighted by Gasteiger charge is -2.07. The summed E-state index contributed by atoms with van der Waals surface area (Å²) in [5.41, 5.74) is 8.51. The number of nitrogens with one attached hydrogen (secondary N) is 2. The zero-order chi connectivity index (χ0) is 17.8. The Labute approximate surface area is 146 Å². The second-order valence-corrected chi connectivity index (χ2v) is 6.04. The lowest BCUT2D eigenvalue weighted by Crippen LogP contribution is -2.41. The highest BCUT2D eigenvalue weighted by Gasteiger charge is 2.17. The zero-order valence-electron chi connectivity index (χ0n) is 14.3. The summed E-state index contributed by atoms with van der Waals surface area (Å²) in [6, 6.07) is 15.4. The van der Waals surface area contributed by atoms with Crippen LogP contribution in [0.2, 0.25) is 0 Å². The van der Waals surface area contributed by atoms with Crippen molar-refractivity contribution in [1.82, 2.24) is 10.9 Å². The van der Waals surface area contributed by atoms with Gasteiger partial charge in [0.2, 0.25) is 5.91 Å². The van der Waals surface area contributed by atoms with Gasteiger partial charge < -0.3 is 4.42 Å². The van der Waals surface area contributed by atoms with Gasteiger partial charge in [0.15, 0.2) is 5.76 Å². The van der Waals surface area contributed by atoms with Crippen LogP contribution >= 0.6 is 0 Å². The Hall–Kier alpha value is -3.08. The molecule has 3 rings (SSSR count). The fraction of sp³-hybridized carbons (Fsp3) is 0.200. The van der Waals surface area contributed by atoms with Gasteiger partial charge in [0.25, 0.3) is 0 Å². The van der Waals surface area contributed by atoms with Gasteiger partial charge in [-0.2, -0.15) is 0 Å². The molecular formula is C20H20N2O3. The van der Waals surface area contributed by atoms with Gasteiger partial charge in [-0.05, 0) is 31.9 Å². The van der Waals surface area contributed by atoms with Gasteiger partial charge in [-0.3, -0.25) is 20.4 Å². The largest absolute Gasteiger partial charge is 0.451 e. The van der Waals surface area contributed by atoms with Crippen molar-refractivity contribution in [1.29, 1.82) is 0 Å². The molecule has 0 saturated heterocycles. The first-order valence-electron chi connectivity index (χ1n) is 8.17. The molecule has 1 heterocycles. The van der Waals surface area contributed by atoms with E-state index in [0.717, 1.165) is 22.1 Å². The van der Waals surface area contributed by atoms with Crippen molar-refractivity contribution in [3.05, 3.63) is 71.0 Å². The van der Waals surface area contributed by atoms with Crippen LogP contribution in [0.4, 0.5) is 0 Å². The number of para-hydroxylation sites is 1. The maximum atomic E-state index is 12.2. The van der Waals surface area contributed by atoms with E-state index in [-0.39, 0.29) is 11.7 Å². The maximum Gasteiger partial charge on any atom is 0.305 e. The topological polar surface area (TPSA) is 71.3 Å². The average molecular weight is 336 g/mol. The van der Waals surface area contributed by atoms with E-state index in [9.17, 15) is 9.59 Å². The highest BCUT2D eigenvalue weighted by atomic mass is 16.3. The zero-order valence-corrected chi connectivity index (χ0v) is 14.3. The molecule has 5 nitrogen and oxygen atoms in total. The van der Waals surface area contributed by atoms with E-state index in [1.807, 2.05) is 56.3 Å². The maximum absolute atomic E-state index is 12.2. The Bertz CT molecular complexity index is 928. The molecule has 0 aliphatic rings. The number of rotatable bonds is 4. The molecule has 1 aromatic heterocycles. The van der Waals surface area contributed by atoms with Gasteiger partial charge in [-0.15, -0.1) is 0 Å². The van der Waals surface area contributed by atoms with Crippen molar-refractivity contribution in [2.45, 2.75) is 26.7 Å². The first kappa shape index (κ1) is 16.8. The SMILES string of the molecule is Cc1cccc(CCC(=O)NNC(=O)c2oc3ccccc3c2C)c1. The number of hydrogen-bond donors (Lipinski definition) is 2. The van der Waals surface area contributed by atoms with Crippen molar-refractivity contribution < 1.29 is 14.0 Å². The lowest BCUT2D eigenvalue weighted by molar-refractivity contribution is -0.121. The number of hydrogen-bond acceptors (Lipinski definition) is 3. The van der Waals surface area contributed by atoms with Gasteiger partial charge in [0.1, 0.15) is 5.58 Å². The first-order chi connectivity index (χ1) is 12.0. The minimum Gasteiger partial charge on any atom is -0.451 e. The normalized spacial score (nSPS) is 10.6. The number of amides is 2. The summed E-state index contributed by atoms with van der Waals surface area (Å²) in [5.74, 6) is -0.499. The molecule has 0 bridgehead atoms. The van der Waals surface area contributed by atoms with Crippen LogP contribution in [0.25, 0.3) is 11.0 Å². The van der Waals surface area contributed by atoms with Gasteiger partial charge in [-0.1, -0.05) is 48.0 Å². The first-order valence-corrected chi connectivity index (χ1v) is 8.17. The van der Waals surface area contributed by atoms with Crippen LogP contribution in [0.5, 0.6) is 0 Å². The third-order valence-electron chi connectivity index (χ3n) is 4.09. The predicted molar refractivity (Wildman–Crippen MR) is 96.1 cm³/mol. The van der Waals surface area contributed by atoms with Crippen molar-refractivity contribution in [2.24, 2.45) is 0 Å². The van der Waals surface area contributed by atoms with Crippen molar-refractivity contribution in [3.8, 4) is 0 Å². The molecule has 0 fully saturated rings. The van der Waals surface area contributed by atoms with Crippen LogP contribution in [0.1, 0.15) is 33.7 Å². The molecule has 25 heavy (non-hydrogen) atoms. The summed E-state index contributed by atoms with van der Waals surface area (Å²) in [6.07, 6.45) is 0.913. The van der Waals surface area contributed by atoms with Crippen molar-refractivity contribution in [3.63, 3.8) is 0 Å². The summed E-state index contributed by atoms with van der Waals surface area (Å²) in [4.78, 5) is 24.2. The van der Waals surface area contributed by atoms with Crippen LogP contribution in [-0.4, -0.2) is 11.8 Å². The van der Waals surface area contributed by atoms with Crippen LogP contribution in [0.15, 0.2) is 52.9 Å². The number of fused-ring (bicyclic) bond motifs is 1. The van der Waals surface area contributed by atoms with Gasteiger partial charge in [-0.25, -0.2) is 0 Å². The van der Waals surface area contributed by atoms with Crippen LogP contribution in [0, 0.1) is 13.8 Å². The van der Waals surface area contributed by atoms with Gasteiger partial charge in [0, 0.05) is 17.4 Å². The molecular weight excluding hydrogens is 316 g/mol. The number of aryl methyl sites for hydroxylation is 3. The highest BCUT2D eigenvalue weighted by molar-refractivity contribution is 5.99. The quantitative estimate of drug-likeness (QED) is 0.717. The number of hydrazine groups is 1. The minimum atomic E-state index is -0.461.